The Bertz CT molecular complexity index is 779. The molecule has 2 fully saturated rings. The number of carbonyl (C=O) groups excluding carboxylic acids is 1. The molecule has 3 aliphatic heterocycles. The molecule has 0 aliphatic carbocycles. The summed E-state index contributed by atoms with van der Waals surface area (Å²) in [5.41, 5.74) is 1.89. The molecule has 1 aromatic heterocycles. The Balaban J connectivity index is 1.42. The molecule has 2 atom stereocenters. The van der Waals surface area contributed by atoms with Crippen molar-refractivity contribution in [3.05, 3.63) is 29.1 Å². The van der Waals surface area contributed by atoms with Gasteiger partial charge in [-0.1, -0.05) is 11.6 Å². The number of aliphatic imine (C=N–C) groups is 1. The number of aromatic nitrogens is 1. The van der Waals surface area contributed by atoms with Gasteiger partial charge in [-0.3, -0.25) is 9.79 Å². The molecule has 0 aromatic carbocycles. The molecule has 0 bridgehead atoms. The van der Waals surface area contributed by atoms with Gasteiger partial charge in [0.25, 0.3) is 0 Å². The predicted octanol–water partition coefficient (Wildman–Crippen LogP) is 3.02. The smallest absolute Gasteiger partial charge is 0.215 e. The van der Waals surface area contributed by atoms with Gasteiger partial charge >= 0.3 is 0 Å². The van der Waals surface area contributed by atoms with Gasteiger partial charge in [0.2, 0.25) is 5.88 Å². The Morgan fingerprint density at radius 1 is 1.26 bits per heavy atom. The second-order valence-electron chi connectivity index (χ2n) is 7.46. The largest absolute Gasteiger partial charge is 0.472 e. The number of Topliss-reactive ketones (excluding diaryl/α,β-unsaturated/α-hetero) is 1. The molecule has 7 heteroatoms. The van der Waals surface area contributed by atoms with E-state index in [1.54, 1.807) is 6.21 Å². The summed E-state index contributed by atoms with van der Waals surface area (Å²) in [5.74, 6) is 0.536. The van der Waals surface area contributed by atoms with Crippen molar-refractivity contribution in [2.75, 3.05) is 31.1 Å². The summed E-state index contributed by atoms with van der Waals surface area (Å²) < 4.78 is 6.15. The third-order valence-electron chi connectivity index (χ3n) is 5.54. The number of pyridine rings is 1. The minimum absolute atomic E-state index is 0.0222. The van der Waals surface area contributed by atoms with Gasteiger partial charge in [0, 0.05) is 49.7 Å². The highest BCUT2D eigenvalue weighted by atomic mass is 35.5. The molecule has 3 aliphatic rings. The molecule has 0 amide bonds. The van der Waals surface area contributed by atoms with Crippen molar-refractivity contribution in [2.24, 2.45) is 4.99 Å². The molecule has 1 unspecified atom stereocenters. The van der Waals surface area contributed by atoms with E-state index in [1.807, 2.05) is 12.3 Å². The van der Waals surface area contributed by atoms with E-state index >= 15 is 0 Å². The summed E-state index contributed by atoms with van der Waals surface area (Å²) in [6, 6.07) is 4.65. The first kappa shape index (κ1) is 18.3. The van der Waals surface area contributed by atoms with Gasteiger partial charge in [0.1, 0.15) is 17.7 Å². The summed E-state index contributed by atoms with van der Waals surface area (Å²) in [6.07, 6.45) is 8.17. The van der Waals surface area contributed by atoms with Gasteiger partial charge in [0.05, 0.1) is 12.2 Å². The van der Waals surface area contributed by atoms with Crippen molar-refractivity contribution >= 4 is 29.3 Å². The number of piperidine rings is 1. The Hall–Kier alpha value is -2.08. The first-order chi connectivity index (χ1) is 13.1. The molecule has 27 heavy (non-hydrogen) atoms. The van der Waals surface area contributed by atoms with Crippen molar-refractivity contribution in [2.45, 2.75) is 44.8 Å². The molecule has 6 nitrogen and oxygen atoms in total. The quantitative estimate of drug-likeness (QED) is 0.793. The number of ketones is 1. The molecule has 0 N–H and O–H groups in total. The number of carbonyl (C=O) groups is 1. The maximum absolute atomic E-state index is 11.8. The number of allylic oxidation sites excluding steroid dienone is 1. The minimum Gasteiger partial charge on any atom is -0.472 e. The summed E-state index contributed by atoms with van der Waals surface area (Å²) in [5, 5.41) is 0.282. The van der Waals surface area contributed by atoms with Crippen LogP contribution >= 0.6 is 11.6 Å². The molecule has 144 valence electrons. The van der Waals surface area contributed by atoms with Gasteiger partial charge in [0.15, 0.2) is 5.78 Å². The normalized spacial score (nSPS) is 26.1. The average Bonchev–Trinajstić information content (AvgIpc) is 3.13. The number of hydrogen-bond donors (Lipinski definition) is 0. The van der Waals surface area contributed by atoms with Crippen molar-refractivity contribution in [1.29, 1.82) is 0 Å². The van der Waals surface area contributed by atoms with Crippen LogP contribution in [0.5, 0.6) is 5.88 Å². The lowest BCUT2D eigenvalue weighted by Gasteiger charge is -2.35. The minimum atomic E-state index is -0.122. The fourth-order valence-electron chi connectivity index (χ4n) is 4.04. The Labute approximate surface area is 164 Å². The monoisotopic (exact) mass is 388 g/mol. The van der Waals surface area contributed by atoms with Crippen molar-refractivity contribution < 1.29 is 9.53 Å². The van der Waals surface area contributed by atoms with Gasteiger partial charge in [-0.15, -0.1) is 0 Å². The number of hydrogen-bond acceptors (Lipinski definition) is 6. The van der Waals surface area contributed by atoms with Crippen molar-refractivity contribution in [1.82, 2.24) is 9.88 Å². The lowest BCUT2D eigenvalue weighted by molar-refractivity contribution is -0.113. The number of likely N-dealkylation sites (tertiary alicyclic amines) is 1. The van der Waals surface area contributed by atoms with Gasteiger partial charge in [-0.05, 0) is 32.3 Å². The van der Waals surface area contributed by atoms with E-state index in [2.05, 4.69) is 32.8 Å². The van der Waals surface area contributed by atoms with E-state index in [4.69, 9.17) is 16.3 Å². The molecule has 0 spiro atoms. The molecule has 4 heterocycles. The van der Waals surface area contributed by atoms with Crippen molar-refractivity contribution in [3.8, 4) is 5.88 Å². The third-order valence-corrected chi connectivity index (χ3v) is 5.95. The molecule has 4 rings (SSSR count). The third kappa shape index (κ3) is 3.95. The number of halogens is 1. The van der Waals surface area contributed by atoms with Crippen LogP contribution in [-0.2, 0) is 4.79 Å². The zero-order valence-corrected chi connectivity index (χ0v) is 16.4. The number of dihydropyridines is 1. The van der Waals surface area contributed by atoms with Gasteiger partial charge in [-0.25, -0.2) is 4.98 Å². The standard InChI is InChI=1S/C20H25ClN4O2/c1-14-4-2-3-8-25(14)15-5-7-23-19(10-15)27-16-6-9-24(13-16)17-11-22-12-18(26)20(17)21/h5,7,10-11,14,16H,2-4,6,8-9,12-13H2,1H3/t14?,16-/m1/s1. The summed E-state index contributed by atoms with van der Waals surface area (Å²) in [4.78, 5) is 24.8. The van der Waals surface area contributed by atoms with Crippen LogP contribution in [0.4, 0.5) is 5.69 Å². The van der Waals surface area contributed by atoms with E-state index < -0.39 is 0 Å². The average molecular weight is 389 g/mol. The maximum atomic E-state index is 11.8. The highest BCUT2D eigenvalue weighted by molar-refractivity contribution is 6.44. The first-order valence-corrected chi connectivity index (χ1v) is 10.1. The molecular weight excluding hydrogens is 364 g/mol. The number of rotatable bonds is 4. The molecule has 2 saturated heterocycles. The molecule has 0 radical (unpaired) electrons. The predicted molar refractivity (Wildman–Crippen MR) is 107 cm³/mol. The van der Waals surface area contributed by atoms with E-state index in [0.29, 0.717) is 24.2 Å². The van der Waals surface area contributed by atoms with Crippen LogP contribution in [0.1, 0.15) is 32.6 Å². The second kappa shape index (κ2) is 7.89. The lowest BCUT2D eigenvalue weighted by Crippen LogP contribution is -2.37. The van der Waals surface area contributed by atoms with E-state index in [9.17, 15) is 4.79 Å². The summed E-state index contributed by atoms with van der Waals surface area (Å²) in [6.45, 7) is 4.97. The first-order valence-electron chi connectivity index (χ1n) is 9.69. The molecule has 1 aromatic rings. The number of anilines is 1. The Morgan fingerprint density at radius 2 is 2.15 bits per heavy atom. The van der Waals surface area contributed by atoms with Crippen LogP contribution in [0.3, 0.4) is 0 Å². The van der Waals surface area contributed by atoms with Crippen LogP contribution < -0.4 is 9.64 Å². The zero-order valence-electron chi connectivity index (χ0n) is 15.6. The maximum Gasteiger partial charge on any atom is 0.215 e. The lowest BCUT2D eigenvalue weighted by atomic mass is 10.0. The number of ether oxygens (including phenoxy) is 1. The second-order valence-corrected chi connectivity index (χ2v) is 7.84. The molecule has 0 saturated carbocycles. The van der Waals surface area contributed by atoms with Crippen LogP contribution in [-0.4, -0.2) is 60.2 Å². The van der Waals surface area contributed by atoms with E-state index in [-0.39, 0.29) is 23.5 Å². The fraction of sp³-hybridized carbons (Fsp3) is 0.550. The van der Waals surface area contributed by atoms with Crippen LogP contribution in [0.25, 0.3) is 0 Å². The SMILES string of the molecule is CC1CCCCN1c1ccnc(O[C@@H]2CCN(C3=C(Cl)C(=O)CN=C3)C2)c1. The van der Waals surface area contributed by atoms with Gasteiger partial charge < -0.3 is 14.5 Å². The van der Waals surface area contributed by atoms with Crippen LogP contribution in [0, 0.1) is 0 Å². The summed E-state index contributed by atoms with van der Waals surface area (Å²) >= 11 is 6.18. The summed E-state index contributed by atoms with van der Waals surface area (Å²) in [7, 11) is 0. The van der Waals surface area contributed by atoms with Crippen LogP contribution in [0.2, 0.25) is 0 Å². The van der Waals surface area contributed by atoms with E-state index in [0.717, 1.165) is 19.5 Å². The van der Waals surface area contributed by atoms with E-state index in [1.165, 1.54) is 24.9 Å². The van der Waals surface area contributed by atoms with Gasteiger partial charge in [-0.2, -0.15) is 0 Å². The van der Waals surface area contributed by atoms with Crippen molar-refractivity contribution in [3.63, 3.8) is 0 Å². The topological polar surface area (TPSA) is 58.0 Å². The highest BCUT2D eigenvalue weighted by Gasteiger charge is 2.29. The fourth-order valence-corrected chi connectivity index (χ4v) is 4.27. The van der Waals surface area contributed by atoms with Crippen LogP contribution in [0.15, 0.2) is 34.1 Å². The number of nitrogens with zero attached hydrogens (tertiary/aromatic N) is 4. The Kier molecular flexibility index (Phi) is 5.34. The molecular formula is C20H25ClN4O2. The highest BCUT2D eigenvalue weighted by Crippen LogP contribution is 2.28. The Morgan fingerprint density at radius 3 is 3.00 bits per heavy atom. The zero-order chi connectivity index (χ0) is 18.8.